The molecule has 4 heteroatoms. The van der Waals surface area contributed by atoms with E-state index >= 15 is 0 Å². The van der Waals surface area contributed by atoms with E-state index in [4.69, 9.17) is 9.47 Å². The Morgan fingerprint density at radius 1 is 1.25 bits per heavy atom. The van der Waals surface area contributed by atoms with Gasteiger partial charge in [-0.15, -0.1) is 0 Å². The molecule has 0 spiro atoms. The van der Waals surface area contributed by atoms with E-state index in [1.54, 1.807) is 7.11 Å². The van der Waals surface area contributed by atoms with Gasteiger partial charge >= 0.3 is 5.97 Å². The molecule has 0 radical (unpaired) electrons. The van der Waals surface area contributed by atoms with Gasteiger partial charge in [0.2, 0.25) is 0 Å². The molecular weight excluding hydrogens is 302 g/mol. The molecule has 0 aromatic heterocycles. The van der Waals surface area contributed by atoms with Crippen molar-refractivity contribution in [2.24, 2.45) is 0 Å². The van der Waals surface area contributed by atoms with Crippen LogP contribution < -0.4 is 9.47 Å². The molecule has 0 fully saturated rings. The lowest BCUT2D eigenvalue weighted by atomic mass is 9.77. The van der Waals surface area contributed by atoms with Crippen molar-refractivity contribution < 1.29 is 14.3 Å². The number of nitrogens with zero attached hydrogens (tertiary/aromatic N) is 1. The number of rotatable bonds is 2. The number of ether oxygens (including phenoxy) is 2. The van der Waals surface area contributed by atoms with Gasteiger partial charge in [0.05, 0.1) is 7.11 Å². The SMILES string of the molecule is COc1cc2c3c(c1)-c1c(cccc1OC(C)=O)C[C@H]3N(C)CC2. The summed E-state index contributed by atoms with van der Waals surface area (Å²) in [7, 11) is 3.88. The molecular formula is C20H21NO3. The summed E-state index contributed by atoms with van der Waals surface area (Å²) >= 11 is 0. The maximum absolute atomic E-state index is 11.5. The Morgan fingerprint density at radius 2 is 2.08 bits per heavy atom. The van der Waals surface area contributed by atoms with Crippen LogP contribution in [-0.2, 0) is 17.6 Å². The predicted molar refractivity (Wildman–Crippen MR) is 92.5 cm³/mol. The van der Waals surface area contributed by atoms with Crippen LogP contribution in [-0.4, -0.2) is 31.6 Å². The number of fused-ring (bicyclic) bond motifs is 2. The lowest BCUT2D eigenvalue weighted by molar-refractivity contribution is -0.131. The highest BCUT2D eigenvalue weighted by molar-refractivity contribution is 5.84. The van der Waals surface area contributed by atoms with Crippen LogP contribution in [0.2, 0.25) is 0 Å². The molecule has 2 aromatic rings. The van der Waals surface area contributed by atoms with E-state index in [1.165, 1.54) is 23.6 Å². The van der Waals surface area contributed by atoms with E-state index in [2.05, 4.69) is 30.1 Å². The third-order valence-corrected chi connectivity index (χ3v) is 5.12. The van der Waals surface area contributed by atoms with Crippen LogP contribution in [0.25, 0.3) is 11.1 Å². The summed E-state index contributed by atoms with van der Waals surface area (Å²) in [6.07, 6.45) is 1.95. The number of carbonyl (C=O) groups excluding carboxylic acids is 1. The molecule has 1 aliphatic heterocycles. The third kappa shape index (κ3) is 2.29. The average Bonchev–Trinajstić information content (AvgIpc) is 2.57. The van der Waals surface area contributed by atoms with Crippen molar-refractivity contribution in [1.29, 1.82) is 0 Å². The second kappa shape index (κ2) is 5.64. The van der Waals surface area contributed by atoms with Crippen LogP contribution in [0.4, 0.5) is 0 Å². The lowest BCUT2D eigenvalue weighted by Crippen LogP contribution is -2.35. The summed E-state index contributed by atoms with van der Waals surface area (Å²) in [5.74, 6) is 1.21. The van der Waals surface area contributed by atoms with Crippen molar-refractivity contribution in [3.8, 4) is 22.6 Å². The molecule has 0 saturated heterocycles. The predicted octanol–water partition coefficient (Wildman–Crippen LogP) is 3.37. The van der Waals surface area contributed by atoms with Gasteiger partial charge in [-0.2, -0.15) is 0 Å². The molecule has 0 unspecified atom stereocenters. The zero-order chi connectivity index (χ0) is 16.8. The first kappa shape index (κ1) is 15.2. The van der Waals surface area contributed by atoms with Gasteiger partial charge in [-0.3, -0.25) is 9.69 Å². The van der Waals surface area contributed by atoms with Crippen molar-refractivity contribution >= 4 is 5.97 Å². The first-order chi connectivity index (χ1) is 11.6. The highest BCUT2D eigenvalue weighted by Crippen LogP contribution is 2.49. The summed E-state index contributed by atoms with van der Waals surface area (Å²) in [6, 6.07) is 10.6. The molecule has 2 aromatic carbocycles. The summed E-state index contributed by atoms with van der Waals surface area (Å²) in [6.45, 7) is 2.49. The van der Waals surface area contributed by atoms with Crippen molar-refractivity contribution in [3.05, 3.63) is 47.0 Å². The Balaban J connectivity index is 1.99. The largest absolute Gasteiger partial charge is 0.497 e. The minimum Gasteiger partial charge on any atom is -0.497 e. The van der Waals surface area contributed by atoms with E-state index in [9.17, 15) is 4.79 Å². The lowest BCUT2D eigenvalue weighted by Gasteiger charge is -2.40. The molecule has 4 nitrogen and oxygen atoms in total. The molecule has 24 heavy (non-hydrogen) atoms. The van der Waals surface area contributed by atoms with Gasteiger partial charge in [-0.1, -0.05) is 12.1 Å². The summed E-state index contributed by atoms with van der Waals surface area (Å²) < 4.78 is 11.0. The van der Waals surface area contributed by atoms with E-state index < -0.39 is 0 Å². The van der Waals surface area contributed by atoms with Crippen molar-refractivity contribution in [2.75, 3.05) is 20.7 Å². The standard InChI is InChI=1S/C20H21NO3/c1-12(22)24-18-6-4-5-13-10-17-19-14(7-8-21(17)2)9-15(23-3)11-16(19)20(13)18/h4-6,9,11,17H,7-8,10H2,1-3H3/t17-/m1/s1. The molecule has 0 saturated carbocycles. The fourth-order valence-corrected chi connectivity index (χ4v) is 4.04. The number of carbonyl (C=O) groups is 1. The molecule has 2 aliphatic rings. The van der Waals surface area contributed by atoms with Crippen LogP contribution in [0.5, 0.6) is 11.5 Å². The first-order valence-electron chi connectivity index (χ1n) is 8.30. The fraction of sp³-hybridized carbons (Fsp3) is 0.350. The second-order valence-electron chi connectivity index (χ2n) is 6.58. The van der Waals surface area contributed by atoms with Crippen molar-refractivity contribution in [1.82, 2.24) is 4.90 Å². The van der Waals surface area contributed by atoms with Gasteiger partial charge < -0.3 is 9.47 Å². The third-order valence-electron chi connectivity index (χ3n) is 5.12. The molecule has 0 bridgehead atoms. The van der Waals surface area contributed by atoms with Gasteiger partial charge in [0.15, 0.2) is 0 Å². The van der Waals surface area contributed by atoms with Gasteiger partial charge in [-0.05, 0) is 60.3 Å². The maximum atomic E-state index is 11.5. The summed E-state index contributed by atoms with van der Waals surface area (Å²) in [5, 5.41) is 0. The Hall–Kier alpha value is -2.33. The monoisotopic (exact) mass is 323 g/mol. The smallest absolute Gasteiger partial charge is 0.308 e. The number of hydrogen-bond acceptors (Lipinski definition) is 4. The second-order valence-corrected chi connectivity index (χ2v) is 6.58. The van der Waals surface area contributed by atoms with Crippen LogP contribution in [0.3, 0.4) is 0 Å². The van der Waals surface area contributed by atoms with E-state index in [-0.39, 0.29) is 5.97 Å². The highest BCUT2D eigenvalue weighted by Gasteiger charge is 2.34. The van der Waals surface area contributed by atoms with Crippen molar-refractivity contribution in [3.63, 3.8) is 0 Å². The Labute approximate surface area is 142 Å². The Morgan fingerprint density at radius 3 is 2.83 bits per heavy atom. The fourth-order valence-electron chi connectivity index (χ4n) is 4.04. The number of likely N-dealkylation sites (N-methyl/N-ethyl adjacent to an activating group) is 1. The van der Waals surface area contributed by atoms with Crippen molar-refractivity contribution in [2.45, 2.75) is 25.8 Å². The molecule has 1 heterocycles. The van der Waals surface area contributed by atoms with Gasteiger partial charge in [-0.25, -0.2) is 0 Å². The normalized spacial score (nSPS) is 18.5. The number of esters is 1. The zero-order valence-corrected chi connectivity index (χ0v) is 14.3. The number of hydrogen-bond donors (Lipinski definition) is 0. The maximum Gasteiger partial charge on any atom is 0.308 e. The quantitative estimate of drug-likeness (QED) is 0.627. The highest BCUT2D eigenvalue weighted by atomic mass is 16.5. The van der Waals surface area contributed by atoms with Crippen LogP contribution in [0, 0.1) is 0 Å². The minimum atomic E-state index is -0.292. The Bertz CT molecular complexity index is 828. The van der Waals surface area contributed by atoms with Crippen LogP contribution in [0.15, 0.2) is 30.3 Å². The first-order valence-corrected chi connectivity index (χ1v) is 8.30. The molecule has 0 N–H and O–H groups in total. The van der Waals surface area contributed by atoms with E-state index in [1.807, 2.05) is 12.1 Å². The zero-order valence-electron chi connectivity index (χ0n) is 14.3. The van der Waals surface area contributed by atoms with Crippen LogP contribution >= 0.6 is 0 Å². The average molecular weight is 323 g/mol. The molecule has 1 aliphatic carbocycles. The molecule has 124 valence electrons. The van der Waals surface area contributed by atoms with Gasteiger partial charge in [0.1, 0.15) is 11.5 Å². The van der Waals surface area contributed by atoms with Gasteiger partial charge in [0.25, 0.3) is 0 Å². The summed E-state index contributed by atoms with van der Waals surface area (Å²) in [5.41, 5.74) is 6.10. The molecule has 1 atom stereocenters. The van der Waals surface area contributed by atoms with Gasteiger partial charge in [0, 0.05) is 25.1 Å². The topological polar surface area (TPSA) is 38.8 Å². The molecule has 4 rings (SSSR count). The Kier molecular flexibility index (Phi) is 3.57. The number of methoxy groups -OCH3 is 1. The molecule has 0 amide bonds. The van der Waals surface area contributed by atoms with Crippen LogP contribution in [0.1, 0.15) is 29.7 Å². The minimum absolute atomic E-state index is 0.292. The summed E-state index contributed by atoms with van der Waals surface area (Å²) in [4.78, 5) is 13.9. The van der Waals surface area contributed by atoms with E-state index in [0.717, 1.165) is 36.3 Å². The van der Waals surface area contributed by atoms with E-state index in [0.29, 0.717) is 11.8 Å². The number of benzene rings is 2.